The molecule has 67 valence electrons. The van der Waals surface area contributed by atoms with Gasteiger partial charge in [0.1, 0.15) is 19.1 Å². The van der Waals surface area contributed by atoms with Crippen LogP contribution < -0.4 is 0 Å². The predicted octanol–water partition coefficient (Wildman–Crippen LogP) is 1.96. The van der Waals surface area contributed by atoms with Gasteiger partial charge in [0.25, 0.3) is 0 Å². The molecule has 1 N–H and O–H groups in total. The number of nitrogens with one attached hydrogen (secondary N) is 1. The summed E-state index contributed by atoms with van der Waals surface area (Å²) in [5.74, 6) is 0.274. The number of nitrogens with zero attached hydrogens (tertiary/aromatic N) is 1. The summed E-state index contributed by atoms with van der Waals surface area (Å²) in [7, 11) is 0. The van der Waals surface area contributed by atoms with E-state index in [9.17, 15) is 9.50 Å². The van der Waals surface area contributed by atoms with E-state index < -0.39 is 6.67 Å². The molecule has 0 amide bonds. The van der Waals surface area contributed by atoms with Gasteiger partial charge in [0.05, 0.1) is 11.0 Å². The highest BCUT2D eigenvalue weighted by atomic mass is 19.1. The third-order valence-electron chi connectivity index (χ3n) is 1.93. The van der Waals surface area contributed by atoms with E-state index in [1.165, 1.54) is 0 Å². The smallest absolute Gasteiger partial charge is 0.147 e. The molecule has 0 spiro atoms. The molecule has 0 fully saturated rings. The molecule has 0 aliphatic heterocycles. The minimum Gasteiger partial charge on any atom is -0.340 e. The molecule has 0 aliphatic rings. The molecule has 0 saturated carbocycles. The quantitative estimate of drug-likeness (QED) is 0.752. The van der Waals surface area contributed by atoms with Gasteiger partial charge in [-0.15, -0.1) is 0 Å². The monoisotopic (exact) mass is 179 g/mol. The molecule has 4 heteroatoms. The van der Waals surface area contributed by atoms with E-state index >= 15 is 0 Å². The first-order valence-electron chi connectivity index (χ1n) is 3.95. The number of halogens is 1. The number of hydrogen-bond donors (Lipinski definition) is 1. The fourth-order valence-corrected chi connectivity index (χ4v) is 1.32. The molecular weight excluding hydrogens is 171 g/mol. The number of alkyl halides is 1. The second kappa shape index (κ2) is 3.14. The second-order valence-corrected chi connectivity index (χ2v) is 2.77. The van der Waals surface area contributed by atoms with Crippen LogP contribution in [0.15, 0.2) is 18.2 Å². The van der Waals surface area contributed by atoms with E-state index in [-0.39, 0.29) is 12.4 Å². The van der Waals surface area contributed by atoms with Crippen LogP contribution in [0.3, 0.4) is 0 Å². The number of benzene rings is 1. The van der Waals surface area contributed by atoms with E-state index in [4.69, 9.17) is 0 Å². The fourth-order valence-electron chi connectivity index (χ4n) is 1.32. The highest BCUT2D eigenvalue weighted by Crippen LogP contribution is 2.16. The first-order valence-corrected chi connectivity index (χ1v) is 3.95. The lowest BCUT2D eigenvalue weighted by Crippen LogP contribution is -1.83. The molecule has 1 aromatic heterocycles. The van der Waals surface area contributed by atoms with Crippen LogP contribution in [0.4, 0.5) is 4.39 Å². The molecule has 0 saturated heterocycles. The highest BCUT2D eigenvalue weighted by Gasteiger charge is 2.05. The summed E-state index contributed by atoms with van der Waals surface area (Å²) in [6, 6.07) is 5.24. The zero-order chi connectivity index (χ0) is 9.26. The van der Waals surface area contributed by atoms with Crippen molar-refractivity contribution in [3.63, 3.8) is 0 Å². The van der Waals surface area contributed by atoms with Gasteiger partial charge in [-0.1, -0.05) is 12.1 Å². The summed E-state index contributed by atoms with van der Waals surface area (Å²) in [4.78, 5) is 6.77. The Kier molecular flexibility index (Phi) is 1.98. The van der Waals surface area contributed by atoms with Gasteiger partial charge in [-0.05, 0) is 6.07 Å². The van der Waals surface area contributed by atoms with Gasteiger partial charge in [-0.25, -0.2) is 14.5 Å². The third kappa shape index (κ3) is 1.29. The molecule has 1 heterocycles. The summed E-state index contributed by atoms with van der Waals surface area (Å²) in [6.07, 6.45) is 0. The van der Waals surface area contributed by atoms with Crippen molar-refractivity contribution in [1.29, 1.82) is 0 Å². The van der Waals surface area contributed by atoms with Crippen LogP contribution in [0.5, 0.6) is 0 Å². The summed E-state index contributed by atoms with van der Waals surface area (Å²) in [5.41, 5.74) is 1.92. The zero-order valence-corrected chi connectivity index (χ0v) is 6.88. The maximum atomic E-state index is 12.2. The molecular formula is C9H8FN2O. The Bertz CT molecular complexity index is 424. The number of H-pyrrole nitrogens is 1. The Morgan fingerprint density at radius 1 is 1.46 bits per heavy atom. The highest BCUT2D eigenvalue weighted by molar-refractivity contribution is 5.78. The first kappa shape index (κ1) is 8.19. The number of para-hydroxylation sites is 1. The van der Waals surface area contributed by atoms with E-state index in [2.05, 4.69) is 9.97 Å². The molecule has 0 unspecified atom stereocenters. The van der Waals surface area contributed by atoms with Crippen LogP contribution >= 0.6 is 0 Å². The van der Waals surface area contributed by atoms with E-state index in [1.807, 2.05) is 0 Å². The Labute approximate surface area is 74.2 Å². The minimum absolute atomic E-state index is 0.274. The number of rotatable bonds is 2. The van der Waals surface area contributed by atoms with Gasteiger partial charge < -0.3 is 4.98 Å². The Hall–Kier alpha value is -1.42. The van der Waals surface area contributed by atoms with Gasteiger partial charge in [-0.2, -0.15) is 0 Å². The lowest BCUT2D eigenvalue weighted by Gasteiger charge is -1.93. The summed E-state index contributed by atoms with van der Waals surface area (Å²) in [6.45, 7) is -0.957. The lowest BCUT2D eigenvalue weighted by atomic mass is 10.2. The van der Waals surface area contributed by atoms with Gasteiger partial charge in [0.2, 0.25) is 0 Å². The number of imidazole rings is 1. The van der Waals surface area contributed by atoms with Crippen molar-refractivity contribution in [2.24, 2.45) is 0 Å². The second-order valence-electron chi connectivity index (χ2n) is 2.77. The number of aromatic amines is 1. The predicted molar refractivity (Wildman–Crippen MR) is 45.3 cm³/mol. The molecule has 1 aromatic carbocycles. The van der Waals surface area contributed by atoms with Crippen LogP contribution in [0.2, 0.25) is 0 Å². The molecule has 0 atom stereocenters. The average Bonchev–Trinajstić information content (AvgIpc) is 2.59. The lowest BCUT2D eigenvalue weighted by molar-refractivity contribution is 0.178. The van der Waals surface area contributed by atoms with Gasteiger partial charge in [0.15, 0.2) is 0 Å². The van der Waals surface area contributed by atoms with Crippen LogP contribution in [-0.4, -0.2) is 9.97 Å². The molecule has 2 rings (SSSR count). The molecule has 13 heavy (non-hydrogen) atoms. The molecule has 0 bridgehead atoms. The van der Waals surface area contributed by atoms with Crippen molar-refractivity contribution in [3.05, 3.63) is 29.6 Å². The zero-order valence-electron chi connectivity index (χ0n) is 6.88. The number of fused-ring (bicyclic) bond motifs is 1. The van der Waals surface area contributed by atoms with Crippen molar-refractivity contribution in [1.82, 2.24) is 9.97 Å². The van der Waals surface area contributed by atoms with Crippen molar-refractivity contribution in [2.75, 3.05) is 0 Å². The van der Waals surface area contributed by atoms with E-state index in [1.54, 1.807) is 18.2 Å². The average molecular weight is 179 g/mol. The molecule has 1 radical (unpaired) electrons. The van der Waals surface area contributed by atoms with Crippen LogP contribution in [-0.2, 0) is 18.4 Å². The standard InChI is InChI=1S/C9H8FN2O/c10-4-8-11-7-3-1-2-6(5-13)9(7)12-8/h1-3H,4-5H2,(H,11,12). The minimum atomic E-state index is -0.632. The topological polar surface area (TPSA) is 48.6 Å². The van der Waals surface area contributed by atoms with Crippen molar-refractivity contribution < 1.29 is 9.50 Å². The van der Waals surface area contributed by atoms with Crippen molar-refractivity contribution >= 4 is 11.0 Å². The van der Waals surface area contributed by atoms with Gasteiger partial charge >= 0.3 is 0 Å². The Balaban J connectivity index is 2.67. The summed E-state index contributed by atoms with van der Waals surface area (Å²) < 4.78 is 12.2. The van der Waals surface area contributed by atoms with Crippen LogP contribution in [0.1, 0.15) is 11.4 Å². The maximum absolute atomic E-state index is 12.2. The van der Waals surface area contributed by atoms with Crippen molar-refractivity contribution in [2.45, 2.75) is 13.3 Å². The van der Waals surface area contributed by atoms with E-state index in [0.717, 1.165) is 5.52 Å². The largest absolute Gasteiger partial charge is 0.340 e. The van der Waals surface area contributed by atoms with Gasteiger partial charge in [-0.3, -0.25) is 0 Å². The van der Waals surface area contributed by atoms with Gasteiger partial charge in [0, 0.05) is 5.56 Å². The summed E-state index contributed by atoms with van der Waals surface area (Å²) >= 11 is 0. The Morgan fingerprint density at radius 2 is 2.31 bits per heavy atom. The fraction of sp³-hybridized carbons (Fsp3) is 0.222. The van der Waals surface area contributed by atoms with E-state index in [0.29, 0.717) is 11.1 Å². The van der Waals surface area contributed by atoms with Crippen LogP contribution in [0, 0.1) is 0 Å². The first-order chi connectivity index (χ1) is 6.35. The molecule has 2 aromatic rings. The normalized spacial score (nSPS) is 10.9. The van der Waals surface area contributed by atoms with Crippen LogP contribution in [0.25, 0.3) is 11.0 Å². The van der Waals surface area contributed by atoms with Crippen molar-refractivity contribution in [3.8, 4) is 0 Å². The SMILES string of the molecule is [O]Cc1cccc2[nH]c(CF)nc12. The number of hydrogen-bond acceptors (Lipinski definition) is 1. The summed E-state index contributed by atoms with van der Waals surface area (Å²) in [5, 5.41) is 10.7. The molecule has 3 nitrogen and oxygen atoms in total. The Morgan fingerprint density at radius 3 is 3.00 bits per heavy atom. The third-order valence-corrected chi connectivity index (χ3v) is 1.93. The maximum Gasteiger partial charge on any atom is 0.147 e. The number of aromatic nitrogens is 2. The molecule has 0 aliphatic carbocycles.